The van der Waals surface area contributed by atoms with E-state index in [4.69, 9.17) is 0 Å². The standard InChI is InChI=1S/C15H20N2O2/c1-3-6-10(7-4-2)14-16-12-9-5-8-11(15(18)19)13(12)17-14/h5,8-10H,3-4,6-7H2,1-2H3,(H,16,17)(H,18,19). The van der Waals surface area contributed by atoms with E-state index in [0.29, 0.717) is 11.4 Å². The van der Waals surface area contributed by atoms with Gasteiger partial charge in [-0.3, -0.25) is 0 Å². The van der Waals surface area contributed by atoms with Crippen LogP contribution in [0.4, 0.5) is 0 Å². The second kappa shape index (κ2) is 5.87. The molecule has 0 aliphatic rings. The third kappa shape index (κ3) is 2.78. The molecule has 4 heteroatoms. The molecule has 0 bridgehead atoms. The fourth-order valence-electron chi connectivity index (χ4n) is 2.53. The Kier molecular flexibility index (Phi) is 4.20. The minimum Gasteiger partial charge on any atom is -0.478 e. The van der Waals surface area contributed by atoms with Crippen LogP contribution in [0.5, 0.6) is 0 Å². The summed E-state index contributed by atoms with van der Waals surface area (Å²) in [5, 5.41) is 9.18. The summed E-state index contributed by atoms with van der Waals surface area (Å²) in [7, 11) is 0. The van der Waals surface area contributed by atoms with Gasteiger partial charge in [0.1, 0.15) is 11.3 Å². The quantitative estimate of drug-likeness (QED) is 0.826. The molecule has 4 nitrogen and oxygen atoms in total. The lowest BCUT2D eigenvalue weighted by molar-refractivity contribution is 0.0699. The molecule has 0 radical (unpaired) electrons. The number of H-pyrrole nitrogens is 1. The molecular weight excluding hydrogens is 240 g/mol. The van der Waals surface area contributed by atoms with E-state index in [1.165, 1.54) is 0 Å². The number of nitrogens with zero attached hydrogens (tertiary/aromatic N) is 1. The van der Waals surface area contributed by atoms with E-state index in [9.17, 15) is 9.90 Å². The zero-order chi connectivity index (χ0) is 13.8. The number of aromatic nitrogens is 2. The van der Waals surface area contributed by atoms with Crippen LogP contribution in [0.3, 0.4) is 0 Å². The van der Waals surface area contributed by atoms with Gasteiger partial charge in [-0.05, 0) is 25.0 Å². The van der Waals surface area contributed by atoms with E-state index < -0.39 is 5.97 Å². The predicted octanol–water partition coefficient (Wildman–Crippen LogP) is 3.94. The van der Waals surface area contributed by atoms with Crippen LogP contribution in [-0.4, -0.2) is 21.0 Å². The maximum Gasteiger partial charge on any atom is 0.337 e. The molecule has 0 spiro atoms. The van der Waals surface area contributed by atoms with E-state index in [1.807, 2.05) is 6.07 Å². The van der Waals surface area contributed by atoms with Gasteiger partial charge in [-0.25, -0.2) is 9.78 Å². The maximum atomic E-state index is 11.2. The topological polar surface area (TPSA) is 66.0 Å². The largest absolute Gasteiger partial charge is 0.478 e. The third-order valence-electron chi connectivity index (χ3n) is 3.42. The molecule has 0 aliphatic heterocycles. The Hall–Kier alpha value is -1.84. The van der Waals surface area contributed by atoms with Crippen molar-refractivity contribution in [1.82, 2.24) is 9.97 Å². The molecule has 19 heavy (non-hydrogen) atoms. The molecule has 0 atom stereocenters. The number of carboxylic acid groups (broad SMARTS) is 1. The summed E-state index contributed by atoms with van der Waals surface area (Å²) in [4.78, 5) is 19.0. The number of rotatable bonds is 6. The van der Waals surface area contributed by atoms with Crippen molar-refractivity contribution >= 4 is 17.0 Å². The molecule has 2 aromatic rings. The number of benzene rings is 1. The number of carboxylic acids is 1. The first-order valence-electron chi connectivity index (χ1n) is 6.89. The number of imidazole rings is 1. The second-order valence-electron chi connectivity index (χ2n) is 4.90. The van der Waals surface area contributed by atoms with E-state index >= 15 is 0 Å². The van der Waals surface area contributed by atoms with Gasteiger partial charge in [0.05, 0.1) is 11.1 Å². The average Bonchev–Trinajstić information content (AvgIpc) is 2.81. The predicted molar refractivity (Wildman–Crippen MR) is 75.6 cm³/mol. The Bertz CT molecular complexity index is 569. The van der Waals surface area contributed by atoms with E-state index in [1.54, 1.807) is 12.1 Å². The molecule has 0 saturated heterocycles. The zero-order valence-corrected chi connectivity index (χ0v) is 11.4. The van der Waals surface area contributed by atoms with Crippen molar-refractivity contribution in [3.8, 4) is 0 Å². The molecule has 0 unspecified atom stereocenters. The van der Waals surface area contributed by atoms with Crippen LogP contribution in [-0.2, 0) is 0 Å². The highest BCUT2D eigenvalue weighted by Crippen LogP contribution is 2.27. The highest BCUT2D eigenvalue weighted by atomic mass is 16.4. The summed E-state index contributed by atoms with van der Waals surface area (Å²) < 4.78 is 0. The Morgan fingerprint density at radius 1 is 1.32 bits per heavy atom. The molecule has 1 heterocycles. The zero-order valence-electron chi connectivity index (χ0n) is 11.4. The van der Waals surface area contributed by atoms with E-state index in [-0.39, 0.29) is 5.56 Å². The minimum absolute atomic E-state index is 0.270. The highest BCUT2D eigenvalue weighted by Gasteiger charge is 2.17. The van der Waals surface area contributed by atoms with Crippen molar-refractivity contribution in [2.24, 2.45) is 0 Å². The number of fused-ring (bicyclic) bond motifs is 1. The van der Waals surface area contributed by atoms with Crippen LogP contribution in [0.15, 0.2) is 18.2 Å². The minimum atomic E-state index is -0.925. The van der Waals surface area contributed by atoms with Gasteiger partial charge in [0.2, 0.25) is 0 Å². The van der Waals surface area contributed by atoms with Crippen LogP contribution in [0.2, 0.25) is 0 Å². The molecule has 102 valence electrons. The molecule has 2 rings (SSSR count). The number of hydrogen-bond donors (Lipinski definition) is 2. The van der Waals surface area contributed by atoms with Crippen LogP contribution in [0, 0.1) is 0 Å². The number of carbonyl (C=O) groups is 1. The van der Waals surface area contributed by atoms with Crippen molar-refractivity contribution < 1.29 is 9.90 Å². The van der Waals surface area contributed by atoms with E-state index in [0.717, 1.165) is 37.0 Å². The van der Waals surface area contributed by atoms with Crippen molar-refractivity contribution in [2.75, 3.05) is 0 Å². The van der Waals surface area contributed by atoms with Gasteiger partial charge in [0, 0.05) is 5.92 Å². The van der Waals surface area contributed by atoms with Crippen LogP contribution < -0.4 is 0 Å². The van der Waals surface area contributed by atoms with Gasteiger partial charge < -0.3 is 10.1 Å². The first-order chi connectivity index (χ1) is 9.17. The normalized spacial score (nSPS) is 11.3. The summed E-state index contributed by atoms with van der Waals surface area (Å²) >= 11 is 0. The molecule has 1 aromatic heterocycles. The lowest BCUT2D eigenvalue weighted by Crippen LogP contribution is -2.01. The average molecular weight is 260 g/mol. The Balaban J connectivity index is 2.45. The molecule has 0 saturated carbocycles. The van der Waals surface area contributed by atoms with E-state index in [2.05, 4.69) is 23.8 Å². The Labute approximate surface area is 112 Å². The fourth-order valence-corrected chi connectivity index (χ4v) is 2.53. The number of para-hydroxylation sites is 1. The molecule has 0 fully saturated rings. The van der Waals surface area contributed by atoms with Gasteiger partial charge in [-0.15, -0.1) is 0 Å². The van der Waals surface area contributed by atoms with Crippen molar-refractivity contribution in [2.45, 2.75) is 45.4 Å². The van der Waals surface area contributed by atoms with Crippen LogP contribution in [0.25, 0.3) is 11.0 Å². The van der Waals surface area contributed by atoms with Crippen molar-refractivity contribution in [3.05, 3.63) is 29.6 Å². The number of aromatic carboxylic acids is 1. The number of nitrogens with one attached hydrogen (secondary N) is 1. The maximum absolute atomic E-state index is 11.2. The molecule has 0 aliphatic carbocycles. The van der Waals surface area contributed by atoms with Crippen molar-refractivity contribution in [1.29, 1.82) is 0 Å². The first-order valence-corrected chi connectivity index (χ1v) is 6.89. The lowest BCUT2D eigenvalue weighted by atomic mass is 9.98. The third-order valence-corrected chi connectivity index (χ3v) is 3.42. The van der Waals surface area contributed by atoms with Gasteiger partial charge in [-0.2, -0.15) is 0 Å². The fraction of sp³-hybridized carbons (Fsp3) is 0.467. The second-order valence-corrected chi connectivity index (χ2v) is 4.90. The summed E-state index contributed by atoms with van der Waals surface area (Å²) in [5.41, 5.74) is 1.65. The van der Waals surface area contributed by atoms with Crippen molar-refractivity contribution in [3.63, 3.8) is 0 Å². The smallest absolute Gasteiger partial charge is 0.337 e. The number of hydrogen-bond acceptors (Lipinski definition) is 2. The van der Waals surface area contributed by atoms with Crippen LogP contribution in [0.1, 0.15) is 61.6 Å². The summed E-state index contributed by atoms with van der Waals surface area (Å²) in [5.74, 6) is 0.391. The van der Waals surface area contributed by atoms with Crippen LogP contribution >= 0.6 is 0 Å². The van der Waals surface area contributed by atoms with Gasteiger partial charge in [0.25, 0.3) is 0 Å². The highest BCUT2D eigenvalue weighted by molar-refractivity contribution is 6.00. The molecule has 0 amide bonds. The Morgan fingerprint density at radius 2 is 2.00 bits per heavy atom. The summed E-state index contributed by atoms with van der Waals surface area (Å²) in [6.07, 6.45) is 4.37. The molecule has 2 N–H and O–H groups in total. The number of aromatic amines is 1. The van der Waals surface area contributed by atoms with Gasteiger partial charge in [-0.1, -0.05) is 32.8 Å². The summed E-state index contributed by atoms with van der Waals surface area (Å²) in [6.45, 7) is 4.32. The SMILES string of the molecule is CCCC(CCC)c1nc2c(C(=O)O)cccc2[nH]1. The summed E-state index contributed by atoms with van der Waals surface area (Å²) in [6, 6.07) is 5.24. The molecule has 1 aromatic carbocycles. The first kappa shape index (κ1) is 13.6. The van der Waals surface area contributed by atoms with Gasteiger partial charge >= 0.3 is 5.97 Å². The lowest BCUT2D eigenvalue weighted by Gasteiger charge is -2.11. The molecular formula is C15H20N2O2. The monoisotopic (exact) mass is 260 g/mol. The van der Waals surface area contributed by atoms with Gasteiger partial charge in [0.15, 0.2) is 0 Å². The Morgan fingerprint density at radius 3 is 2.58 bits per heavy atom.